The number of aromatic amines is 1. The average Bonchev–Trinajstić information content (AvgIpc) is 3.04. The maximum Gasteiger partial charge on any atom is 0.257 e. The van der Waals surface area contributed by atoms with Gasteiger partial charge in [0, 0.05) is 18.4 Å². The lowest BCUT2D eigenvalue weighted by Gasteiger charge is -2.20. The third kappa shape index (κ3) is 4.37. The number of carbonyl (C=O) groups is 1. The van der Waals surface area contributed by atoms with Crippen LogP contribution in [0.15, 0.2) is 53.4 Å². The summed E-state index contributed by atoms with van der Waals surface area (Å²) < 4.78 is 58.2. The van der Waals surface area contributed by atoms with Crippen molar-refractivity contribution in [2.24, 2.45) is 0 Å². The Morgan fingerprint density at radius 2 is 1.80 bits per heavy atom. The van der Waals surface area contributed by atoms with E-state index in [0.717, 1.165) is 34.2 Å². The lowest BCUT2D eigenvalue weighted by Crippen LogP contribution is -2.33. The van der Waals surface area contributed by atoms with E-state index in [9.17, 15) is 22.0 Å². The number of ether oxygens (including phenoxy) is 1. The molecule has 1 amide bonds. The molecule has 1 N–H and O–H groups in total. The van der Waals surface area contributed by atoms with Gasteiger partial charge in [-0.05, 0) is 54.4 Å². The van der Waals surface area contributed by atoms with Gasteiger partial charge in [-0.15, -0.1) is 0 Å². The van der Waals surface area contributed by atoms with Crippen LogP contribution < -0.4 is 4.74 Å². The average molecular weight is 498 g/mol. The largest absolute Gasteiger partial charge is 0.491 e. The smallest absolute Gasteiger partial charge is 0.257 e. The molecule has 1 aliphatic rings. The third-order valence-electron chi connectivity index (χ3n) is 5.91. The topological polar surface area (TPSA) is 92.4 Å². The van der Waals surface area contributed by atoms with Gasteiger partial charge in [-0.1, -0.05) is 12.1 Å². The van der Waals surface area contributed by atoms with Crippen LogP contribution in [0.25, 0.3) is 22.2 Å². The van der Waals surface area contributed by atoms with E-state index in [2.05, 4.69) is 9.97 Å². The number of carbonyl (C=O) groups excluding carboxylic acids is 1. The highest BCUT2D eigenvalue weighted by Crippen LogP contribution is 2.31. The third-order valence-corrected chi connectivity index (χ3v) is 7.02. The molecular formula is C25H21F2N3O4S. The monoisotopic (exact) mass is 497 g/mol. The van der Waals surface area contributed by atoms with Crippen LogP contribution in [-0.2, 0) is 16.4 Å². The molecule has 1 aliphatic heterocycles. The first kappa shape index (κ1) is 23.0. The summed E-state index contributed by atoms with van der Waals surface area (Å²) in [5, 5.41) is 0. The van der Waals surface area contributed by atoms with Gasteiger partial charge in [-0.25, -0.2) is 22.2 Å². The normalized spacial score (nSPS) is 13.9. The zero-order valence-electron chi connectivity index (χ0n) is 18.9. The zero-order valence-corrected chi connectivity index (χ0v) is 19.7. The number of H-pyrrole nitrogens is 1. The quantitative estimate of drug-likeness (QED) is 0.457. The summed E-state index contributed by atoms with van der Waals surface area (Å²) in [6, 6.07) is 12.7. The summed E-state index contributed by atoms with van der Waals surface area (Å²) >= 11 is 0. The minimum Gasteiger partial charge on any atom is -0.491 e. The number of amides is 1. The molecule has 3 aromatic carbocycles. The fourth-order valence-electron chi connectivity index (χ4n) is 4.21. The van der Waals surface area contributed by atoms with Crippen LogP contribution in [0.1, 0.15) is 21.7 Å². The predicted molar refractivity (Wildman–Crippen MR) is 126 cm³/mol. The summed E-state index contributed by atoms with van der Waals surface area (Å²) in [5.74, 6) is -1.61. The van der Waals surface area contributed by atoms with E-state index < -0.39 is 37.8 Å². The van der Waals surface area contributed by atoms with Gasteiger partial charge in [0.05, 0.1) is 23.1 Å². The van der Waals surface area contributed by atoms with E-state index in [4.69, 9.17) is 4.74 Å². The van der Waals surface area contributed by atoms with E-state index in [1.54, 1.807) is 0 Å². The van der Waals surface area contributed by atoms with Crippen LogP contribution in [0.5, 0.6) is 5.75 Å². The standard InChI is InChI=1S/C25H21F2N3O4S/c1-14-28-21-5-3-16(10-22(21)29-14)15-4-6-23-17(9-15)13-30(7-8-34-23)25(31)18-11-20(27)24(12-19(18)26)35(2,32)33/h3-6,9-12H,7-8,13H2,1-2H3,(H,28,29). The van der Waals surface area contributed by atoms with Crippen molar-refractivity contribution in [3.63, 3.8) is 0 Å². The first-order valence-corrected chi connectivity index (χ1v) is 12.7. The number of fused-ring (bicyclic) bond motifs is 2. The second-order valence-corrected chi connectivity index (χ2v) is 10.5. The molecule has 0 fully saturated rings. The number of hydrogen-bond acceptors (Lipinski definition) is 5. The number of benzene rings is 3. The summed E-state index contributed by atoms with van der Waals surface area (Å²) in [6.45, 7) is 2.32. The molecule has 4 aromatic rings. The van der Waals surface area contributed by atoms with E-state index in [-0.39, 0.29) is 19.7 Å². The van der Waals surface area contributed by atoms with Crippen LogP contribution in [0.3, 0.4) is 0 Å². The molecular weight excluding hydrogens is 476 g/mol. The predicted octanol–water partition coefficient (Wildman–Crippen LogP) is 4.25. The molecule has 5 rings (SSSR count). The van der Waals surface area contributed by atoms with Crippen molar-refractivity contribution in [1.82, 2.24) is 14.9 Å². The molecule has 0 bridgehead atoms. The van der Waals surface area contributed by atoms with Gasteiger partial charge in [0.25, 0.3) is 5.91 Å². The van der Waals surface area contributed by atoms with Gasteiger partial charge in [-0.2, -0.15) is 0 Å². The zero-order chi connectivity index (χ0) is 24.9. The van der Waals surface area contributed by atoms with E-state index >= 15 is 0 Å². The number of halogens is 2. The van der Waals surface area contributed by atoms with Gasteiger partial charge in [0.15, 0.2) is 9.84 Å². The van der Waals surface area contributed by atoms with Gasteiger partial charge in [0.1, 0.15) is 34.7 Å². The Labute approximate surface area is 200 Å². The number of aromatic nitrogens is 2. The van der Waals surface area contributed by atoms with E-state index in [1.807, 2.05) is 43.3 Å². The Balaban J connectivity index is 1.47. The second kappa shape index (κ2) is 8.46. The van der Waals surface area contributed by atoms with E-state index in [1.165, 1.54) is 4.90 Å². The number of imidazole rings is 1. The van der Waals surface area contributed by atoms with Crippen molar-refractivity contribution < 1.29 is 26.7 Å². The summed E-state index contributed by atoms with van der Waals surface area (Å²) in [4.78, 5) is 21.3. The van der Waals surface area contributed by atoms with Crippen LogP contribution in [0.4, 0.5) is 8.78 Å². The summed E-state index contributed by atoms with van der Waals surface area (Å²) in [5.41, 5.74) is 3.77. The van der Waals surface area contributed by atoms with Crippen molar-refractivity contribution in [2.75, 3.05) is 19.4 Å². The highest BCUT2D eigenvalue weighted by atomic mass is 32.2. The molecule has 1 aromatic heterocycles. The molecule has 0 spiro atoms. The maximum absolute atomic E-state index is 14.7. The minimum atomic E-state index is -3.98. The molecule has 10 heteroatoms. The van der Waals surface area contributed by atoms with Crippen molar-refractivity contribution in [3.8, 4) is 16.9 Å². The highest BCUT2D eigenvalue weighted by Gasteiger charge is 2.26. The van der Waals surface area contributed by atoms with Gasteiger partial charge < -0.3 is 14.6 Å². The lowest BCUT2D eigenvalue weighted by molar-refractivity contribution is 0.0727. The Hall–Kier alpha value is -3.79. The van der Waals surface area contributed by atoms with Crippen molar-refractivity contribution in [1.29, 1.82) is 0 Å². The first-order chi connectivity index (χ1) is 16.6. The molecule has 0 saturated carbocycles. The molecule has 0 radical (unpaired) electrons. The molecule has 0 saturated heterocycles. The Kier molecular flexibility index (Phi) is 5.55. The molecule has 0 atom stereocenters. The van der Waals surface area contributed by atoms with Crippen LogP contribution in [0.2, 0.25) is 0 Å². The fourth-order valence-corrected chi connectivity index (χ4v) is 4.94. The SMILES string of the molecule is Cc1nc2ccc(-c3ccc4c(c3)CN(C(=O)c3cc(F)c(S(C)(=O)=O)cc3F)CCO4)cc2[nH]1. The molecule has 2 heterocycles. The second-order valence-electron chi connectivity index (χ2n) is 8.49. The molecule has 7 nitrogen and oxygen atoms in total. The van der Waals surface area contributed by atoms with Gasteiger partial charge in [-0.3, -0.25) is 4.79 Å². The number of nitrogens with one attached hydrogen (secondary N) is 1. The Morgan fingerprint density at radius 3 is 2.57 bits per heavy atom. The van der Waals surface area contributed by atoms with Crippen LogP contribution in [0, 0.1) is 18.6 Å². The molecule has 0 unspecified atom stereocenters. The number of aryl methyl sites for hydroxylation is 1. The summed E-state index contributed by atoms with van der Waals surface area (Å²) in [6.07, 6.45) is 0.776. The Bertz CT molecular complexity index is 1600. The van der Waals surface area contributed by atoms with Crippen LogP contribution >= 0.6 is 0 Å². The maximum atomic E-state index is 14.7. The van der Waals surface area contributed by atoms with Crippen LogP contribution in [-0.4, -0.2) is 48.6 Å². The van der Waals surface area contributed by atoms with Crippen molar-refractivity contribution >= 4 is 26.8 Å². The Morgan fingerprint density at radius 1 is 1.06 bits per heavy atom. The molecule has 35 heavy (non-hydrogen) atoms. The number of sulfone groups is 1. The van der Waals surface area contributed by atoms with Crippen molar-refractivity contribution in [3.05, 3.63) is 77.1 Å². The number of hydrogen-bond donors (Lipinski definition) is 1. The molecule has 180 valence electrons. The fraction of sp³-hybridized carbons (Fsp3) is 0.200. The van der Waals surface area contributed by atoms with Gasteiger partial charge >= 0.3 is 0 Å². The van der Waals surface area contributed by atoms with Crippen molar-refractivity contribution in [2.45, 2.75) is 18.4 Å². The van der Waals surface area contributed by atoms with E-state index in [0.29, 0.717) is 23.4 Å². The number of rotatable bonds is 3. The summed E-state index contributed by atoms with van der Waals surface area (Å²) in [7, 11) is -3.98. The number of nitrogens with zero attached hydrogens (tertiary/aromatic N) is 2. The van der Waals surface area contributed by atoms with Gasteiger partial charge in [0.2, 0.25) is 0 Å². The highest BCUT2D eigenvalue weighted by molar-refractivity contribution is 7.90. The first-order valence-electron chi connectivity index (χ1n) is 10.8. The molecule has 0 aliphatic carbocycles. The lowest BCUT2D eigenvalue weighted by atomic mass is 10.0. The minimum absolute atomic E-state index is 0.113.